The Morgan fingerprint density at radius 2 is 2.16 bits per heavy atom. The van der Waals surface area contributed by atoms with Crippen molar-refractivity contribution in [2.45, 2.75) is 38.8 Å². The first-order chi connectivity index (χ1) is 11.9. The second-order valence-electron chi connectivity index (χ2n) is 6.49. The molecule has 1 saturated heterocycles. The van der Waals surface area contributed by atoms with E-state index in [0.29, 0.717) is 29.5 Å². The van der Waals surface area contributed by atoms with Crippen molar-refractivity contribution >= 4 is 11.9 Å². The molecule has 25 heavy (non-hydrogen) atoms. The molecule has 0 unspecified atom stereocenters. The molecule has 2 aromatic rings. The van der Waals surface area contributed by atoms with E-state index < -0.39 is 11.6 Å². The quantitative estimate of drug-likeness (QED) is 0.865. The minimum Gasteiger partial charge on any atom is -0.497 e. The van der Waals surface area contributed by atoms with Crippen molar-refractivity contribution in [2.24, 2.45) is 0 Å². The number of amides is 3. The lowest BCUT2D eigenvalue weighted by atomic mass is 9.91. The van der Waals surface area contributed by atoms with E-state index in [1.165, 1.54) is 4.90 Å². The topological polar surface area (TPSA) is 84.7 Å². The van der Waals surface area contributed by atoms with Crippen LogP contribution in [0.2, 0.25) is 0 Å². The van der Waals surface area contributed by atoms with E-state index in [2.05, 4.69) is 10.3 Å². The second kappa shape index (κ2) is 5.34. The van der Waals surface area contributed by atoms with E-state index in [0.717, 1.165) is 17.5 Å². The maximum Gasteiger partial charge on any atom is 0.325 e. The first-order valence-corrected chi connectivity index (χ1v) is 8.19. The van der Waals surface area contributed by atoms with Crippen LogP contribution in [0.15, 0.2) is 22.6 Å². The van der Waals surface area contributed by atoms with Crippen molar-refractivity contribution in [2.75, 3.05) is 7.11 Å². The summed E-state index contributed by atoms with van der Waals surface area (Å²) in [5, 5.41) is 2.91. The zero-order valence-corrected chi connectivity index (χ0v) is 14.4. The normalized spacial score (nSPS) is 21.8. The lowest BCUT2D eigenvalue weighted by Crippen LogP contribution is -2.41. The maximum absolute atomic E-state index is 13.2. The number of urea groups is 1. The molecule has 1 aromatic heterocycles. The zero-order valence-electron chi connectivity index (χ0n) is 14.4. The minimum atomic E-state index is -1.01. The monoisotopic (exact) mass is 341 g/mol. The number of nitrogens with one attached hydrogen (secondary N) is 1. The number of aromatic nitrogens is 1. The molecule has 1 spiro atoms. The Balaban J connectivity index is 1.70. The summed E-state index contributed by atoms with van der Waals surface area (Å²) < 4.78 is 10.7. The maximum atomic E-state index is 13.2. The van der Waals surface area contributed by atoms with Gasteiger partial charge in [-0.25, -0.2) is 9.78 Å². The summed E-state index contributed by atoms with van der Waals surface area (Å²) in [6, 6.07) is 5.27. The standard InChI is InChI=1S/C18H19N3O4/c1-10-15(19-11(2)25-10)9-21-16(22)18(20-17(21)23)7-6-12-4-5-13(24-3)8-14(12)18/h4-5,8H,6-7,9H2,1-3H3,(H,20,23)/t18-/m1/s1. The van der Waals surface area contributed by atoms with E-state index in [9.17, 15) is 9.59 Å². The van der Waals surface area contributed by atoms with Gasteiger partial charge in [0.1, 0.15) is 22.7 Å². The number of benzene rings is 1. The summed E-state index contributed by atoms with van der Waals surface area (Å²) in [4.78, 5) is 31.2. The Labute approximate surface area is 145 Å². The molecule has 1 atom stereocenters. The Kier molecular flexibility index (Phi) is 3.35. The van der Waals surface area contributed by atoms with Gasteiger partial charge in [0, 0.05) is 6.92 Å². The van der Waals surface area contributed by atoms with Crippen molar-refractivity contribution < 1.29 is 18.7 Å². The van der Waals surface area contributed by atoms with Crippen LogP contribution in [0.25, 0.3) is 0 Å². The summed E-state index contributed by atoms with van der Waals surface area (Å²) >= 11 is 0. The summed E-state index contributed by atoms with van der Waals surface area (Å²) in [7, 11) is 1.58. The van der Waals surface area contributed by atoms with Gasteiger partial charge < -0.3 is 14.5 Å². The van der Waals surface area contributed by atoms with E-state index in [1.807, 2.05) is 18.2 Å². The number of nitrogens with zero attached hydrogens (tertiary/aromatic N) is 2. The molecule has 0 bridgehead atoms. The molecule has 2 heterocycles. The number of oxazole rings is 1. The van der Waals surface area contributed by atoms with Crippen LogP contribution in [-0.4, -0.2) is 28.9 Å². The number of ether oxygens (including phenoxy) is 1. The molecule has 1 aromatic carbocycles. The van der Waals surface area contributed by atoms with Crippen molar-refractivity contribution in [3.05, 3.63) is 46.7 Å². The lowest BCUT2D eigenvalue weighted by Gasteiger charge is -2.22. The number of hydrogen-bond acceptors (Lipinski definition) is 5. The number of carbonyl (C=O) groups is 2. The molecule has 1 aliphatic carbocycles. The predicted molar refractivity (Wildman–Crippen MR) is 88.1 cm³/mol. The first kappa shape index (κ1) is 15.7. The first-order valence-electron chi connectivity index (χ1n) is 8.19. The van der Waals surface area contributed by atoms with Gasteiger partial charge in [0.25, 0.3) is 5.91 Å². The average molecular weight is 341 g/mol. The third-order valence-corrected chi connectivity index (χ3v) is 5.03. The highest BCUT2D eigenvalue weighted by Crippen LogP contribution is 2.43. The van der Waals surface area contributed by atoms with Gasteiger partial charge in [-0.05, 0) is 43.0 Å². The fourth-order valence-electron chi connectivity index (χ4n) is 3.74. The van der Waals surface area contributed by atoms with Crippen LogP contribution in [0.3, 0.4) is 0 Å². The number of methoxy groups -OCH3 is 1. The molecule has 0 radical (unpaired) electrons. The van der Waals surface area contributed by atoms with Gasteiger partial charge in [-0.1, -0.05) is 6.07 Å². The Hall–Kier alpha value is -2.83. The minimum absolute atomic E-state index is 0.106. The number of hydrogen-bond donors (Lipinski definition) is 1. The fourth-order valence-corrected chi connectivity index (χ4v) is 3.74. The second-order valence-corrected chi connectivity index (χ2v) is 6.49. The lowest BCUT2D eigenvalue weighted by molar-refractivity contribution is -0.132. The predicted octanol–water partition coefficient (Wildman–Crippen LogP) is 2.19. The average Bonchev–Trinajstić information content (AvgIpc) is 3.19. The highest BCUT2D eigenvalue weighted by atomic mass is 16.5. The van der Waals surface area contributed by atoms with Crippen LogP contribution in [-0.2, 0) is 23.3 Å². The summed E-state index contributed by atoms with van der Waals surface area (Å²) in [5.41, 5.74) is 1.47. The largest absolute Gasteiger partial charge is 0.497 e. The van der Waals surface area contributed by atoms with Crippen molar-refractivity contribution in [3.8, 4) is 5.75 Å². The van der Waals surface area contributed by atoms with Gasteiger partial charge in [-0.2, -0.15) is 0 Å². The molecule has 2 aliphatic rings. The molecule has 130 valence electrons. The third-order valence-electron chi connectivity index (χ3n) is 5.03. The van der Waals surface area contributed by atoms with Gasteiger partial charge in [0.05, 0.1) is 13.7 Å². The molecule has 7 heteroatoms. The molecule has 0 saturated carbocycles. The van der Waals surface area contributed by atoms with Crippen LogP contribution in [0.1, 0.15) is 34.9 Å². The highest BCUT2D eigenvalue weighted by Gasteiger charge is 2.55. The Bertz CT molecular complexity index is 888. The Morgan fingerprint density at radius 3 is 2.84 bits per heavy atom. The Morgan fingerprint density at radius 1 is 1.36 bits per heavy atom. The number of carbonyl (C=O) groups excluding carboxylic acids is 2. The molecule has 1 fully saturated rings. The van der Waals surface area contributed by atoms with E-state index in [1.54, 1.807) is 21.0 Å². The van der Waals surface area contributed by atoms with Crippen LogP contribution < -0.4 is 10.1 Å². The van der Waals surface area contributed by atoms with E-state index in [-0.39, 0.29) is 12.5 Å². The number of aryl methyl sites for hydroxylation is 3. The van der Waals surface area contributed by atoms with Crippen LogP contribution in [0.5, 0.6) is 5.75 Å². The van der Waals surface area contributed by atoms with Crippen molar-refractivity contribution in [3.63, 3.8) is 0 Å². The van der Waals surface area contributed by atoms with Gasteiger partial charge in [-0.3, -0.25) is 9.69 Å². The third kappa shape index (κ3) is 2.22. The molecule has 1 aliphatic heterocycles. The van der Waals surface area contributed by atoms with Gasteiger partial charge >= 0.3 is 6.03 Å². The number of imide groups is 1. The molecular formula is C18H19N3O4. The van der Waals surface area contributed by atoms with Crippen molar-refractivity contribution in [1.82, 2.24) is 15.2 Å². The highest BCUT2D eigenvalue weighted by molar-refractivity contribution is 6.08. The zero-order chi connectivity index (χ0) is 17.8. The SMILES string of the molecule is COc1ccc2c(c1)[C@@]1(CC2)NC(=O)N(Cc2nc(C)oc2C)C1=O. The van der Waals surface area contributed by atoms with Crippen LogP contribution >= 0.6 is 0 Å². The number of fused-ring (bicyclic) bond motifs is 2. The molecule has 1 N–H and O–H groups in total. The van der Waals surface area contributed by atoms with Crippen LogP contribution in [0.4, 0.5) is 4.79 Å². The molecule has 3 amide bonds. The molecule has 4 rings (SSSR count). The summed E-state index contributed by atoms with van der Waals surface area (Å²) in [5.74, 6) is 1.56. The van der Waals surface area contributed by atoms with Crippen LogP contribution in [0, 0.1) is 13.8 Å². The van der Waals surface area contributed by atoms with Gasteiger partial charge in [0.2, 0.25) is 0 Å². The summed E-state index contributed by atoms with van der Waals surface area (Å²) in [6.45, 7) is 3.62. The molecule has 7 nitrogen and oxygen atoms in total. The van der Waals surface area contributed by atoms with Crippen molar-refractivity contribution in [1.29, 1.82) is 0 Å². The molecular weight excluding hydrogens is 322 g/mol. The smallest absolute Gasteiger partial charge is 0.325 e. The van der Waals surface area contributed by atoms with Gasteiger partial charge in [-0.15, -0.1) is 0 Å². The number of rotatable bonds is 3. The van der Waals surface area contributed by atoms with E-state index >= 15 is 0 Å². The van der Waals surface area contributed by atoms with Gasteiger partial charge in [0.15, 0.2) is 5.89 Å². The van der Waals surface area contributed by atoms with E-state index in [4.69, 9.17) is 9.15 Å². The fraction of sp³-hybridized carbons (Fsp3) is 0.389. The summed E-state index contributed by atoms with van der Waals surface area (Å²) in [6.07, 6.45) is 1.29.